The molecule has 0 unspecified atom stereocenters. The summed E-state index contributed by atoms with van der Waals surface area (Å²) in [6.45, 7) is 0.296. The number of methoxy groups -OCH3 is 1. The molecule has 37 heavy (non-hydrogen) atoms. The third-order valence-corrected chi connectivity index (χ3v) is 7.72. The molecule has 1 aliphatic carbocycles. The van der Waals surface area contributed by atoms with Crippen molar-refractivity contribution >= 4 is 38.8 Å². The molecule has 2 aliphatic rings. The molecule has 11 heteroatoms. The lowest BCUT2D eigenvalue weighted by atomic mass is 9.84. The molecule has 8 nitrogen and oxygen atoms in total. The van der Waals surface area contributed by atoms with Crippen molar-refractivity contribution in [2.75, 3.05) is 25.4 Å². The van der Waals surface area contributed by atoms with Crippen molar-refractivity contribution in [3.63, 3.8) is 0 Å². The van der Waals surface area contributed by atoms with E-state index >= 15 is 4.39 Å². The lowest BCUT2D eigenvalue weighted by molar-refractivity contribution is -0.114. The molecule has 2 heterocycles. The Morgan fingerprint density at radius 3 is 2.70 bits per heavy atom. The minimum Gasteiger partial charge on any atom is -0.496 e. The van der Waals surface area contributed by atoms with Gasteiger partial charge in [0.2, 0.25) is 0 Å². The molecular weight excluding hydrogens is 521 g/mol. The van der Waals surface area contributed by atoms with Crippen molar-refractivity contribution in [1.82, 2.24) is 10.1 Å². The number of rotatable bonds is 6. The maximum Gasteiger partial charge on any atom is 0.259 e. The highest BCUT2D eigenvalue weighted by Gasteiger charge is 2.34. The quantitative estimate of drug-likeness (QED) is 0.467. The van der Waals surface area contributed by atoms with Gasteiger partial charge in [-0.25, -0.2) is 12.8 Å². The van der Waals surface area contributed by atoms with Crippen LogP contribution in [0.15, 0.2) is 81.6 Å². The molecule has 3 aromatic rings. The van der Waals surface area contributed by atoms with Crippen LogP contribution in [0.25, 0.3) is 16.7 Å². The zero-order chi connectivity index (χ0) is 26.3. The summed E-state index contributed by atoms with van der Waals surface area (Å²) in [4.78, 5) is 15.0. The fraction of sp³-hybridized carbons (Fsp3) is 0.154. The molecule has 5 rings (SSSR count). The summed E-state index contributed by atoms with van der Waals surface area (Å²) in [6, 6.07) is 11.1. The van der Waals surface area contributed by atoms with Gasteiger partial charge in [-0.2, -0.15) is 0 Å². The summed E-state index contributed by atoms with van der Waals surface area (Å²) in [7, 11) is -0.811. The first-order valence-electron chi connectivity index (χ1n) is 11.1. The fourth-order valence-corrected chi connectivity index (χ4v) is 5.76. The average Bonchev–Trinajstić information content (AvgIpc) is 3.35. The van der Waals surface area contributed by atoms with Crippen LogP contribution in [-0.2, 0) is 14.8 Å². The third kappa shape index (κ3) is 4.77. The van der Waals surface area contributed by atoms with Crippen molar-refractivity contribution < 1.29 is 26.9 Å². The number of ketones is 1. The Bertz CT molecular complexity index is 1610. The highest BCUT2D eigenvalue weighted by atomic mass is 35.5. The molecule has 0 atom stereocenters. The van der Waals surface area contributed by atoms with Gasteiger partial charge in [0.1, 0.15) is 17.8 Å². The molecule has 1 aliphatic heterocycles. The van der Waals surface area contributed by atoms with Crippen LogP contribution in [0, 0.1) is 5.82 Å². The highest BCUT2D eigenvalue weighted by molar-refractivity contribution is 7.96. The number of nitrogens with one attached hydrogen (secondary N) is 1. The molecule has 1 aromatic heterocycles. The molecule has 0 saturated heterocycles. The van der Waals surface area contributed by atoms with Crippen molar-refractivity contribution in [3.05, 3.63) is 93.5 Å². The van der Waals surface area contributed by atoms with Crippen LogP contribution >= 0.6 is 11.6 Å². The predicted octanol–water partition coefficient (Wildman–Crippen LogP) is 5.02. The van der Waals surface area contributed by atoms with E-state index in [4.69, 9.17) is 16.3 Å². The van der Waals surface area contributed by atoms with Crippen molar-refractivity contribution in [2.24, 2.45) is 0 Å². The van der Waals surface area contributed by atoms with Crippen molar-refractivity contribution in [1.29, 1.82) is 0 Å². The molecule has 0 saturated carbocycles. The number of fused-ring (bicyclic) bond motifs is 1. The summed E-state index contributed by atoms with van der Waals surface area (Å²) < 4.78 is 53.8. The molecule has 0 amide bonds. The van der Waals surface area contributed by atoms with Crippen LogP contribution < -0.4 is 9.46 Å². The first-order valence-corrected chi connectivity index (χ1v) is 13.0. The van der Waals surface area contributed by atoms with Gasteiger partial charge in [-0.05, 0) is 41.5 Å². The minimum atomic E-state index is -4.06. The van der Waals surface area contributed by atoms with Gasteiger partial charge in [0, 0.05) is 59.6 Å². The number of allylic oxidation sites excluding steroid dienone is 4. The van der Waals surface area contributed by atoms with Gasteiger partial charge in [0.25, 0.3) is 10.0 Å². The maximum atomic E-state index is 15.4. The van der Waals surface area contributed by atoms with Gasteiger partial charge in [-0.15, -0.1) is 0 Å². The van der Waals surface area contributed by atoms with E-state index in [1.54, 1.807) is 48.5 Å². The highest BCUT2D eigenvalue weighted by Crippen LogP contribution is 2.41. The Hall–Kier alpha value is -3.89. The molecule has 0 spiro atoms. The summed E-state index contributed by atoms with van der Waals surface area (Å²) >= 11 is 6.09. The van der Waals surface area contributed by atoms with E-state index in [0.29, 0.717) is 50.7 Å². The molecule has 0 bridgehead atoms. The average molecular weight is 542 g/mol. The summed E-state index contributed by atoms with van der Waals surface area (Å²) in [5, 5.41) is 4.02. The third-order valence-electron chi connectivity index (χ3n) is 6.06. The first-order chi connectivity index (χ1) is 17.7. The van der Waals surface area contributed by atoms with Gasteiger partial charge in [0.05, 0.1) is 12.0 Å². The van der Waals surface area contributed by atoms with E-state index in [1.165, 1.54) is 31.6 Å². The topological polar surface area (TPSA) is 102 Å². The fourth-order valence-electron chi connectivity index (χ4n) is 4.46. The van der Waals surface area contributed by atoms with Crippen molar-refractivity contribution in [3.8, 4) is 16.9 Å². The Morgan fingerprint density at radius 1 is 1.19 bits per heavy atom. The zero-order valence-corrected chi connectivity index (χ0v) is 21.4. The second-order valence-electron chi connectivity index (χ2n) is 8.60. The van der Waals surface area contributed by atoms with Crippen LogP contribution in [0.3, 0.4) is 0 Å². The number of likely N-dealkylation sites (N-methyl/N-ethyl adjacent to an activating group) is 1. The first kappa shape index (κ1) is 24.8. The van der Waals surface area contributed by atoms with Crippen LogP contribution in [0.4, 0.5) is 10.2 Å². The van der Waals surface area contributed by atoms with E-state index in [2.05, 4.69) is 14.4 Å². The van der Waals surface area contributed by atoms with Gasteiger partial charge < -0.3 is 14.2 Å². The van der Waals surface area contributed by atoms with E-state index < -0.39 is 21.6 Å². The van der Waals surface area contributed by atoms with Crippen LogP contribution in [0.5, 0.6) is 5.75 Å². The largest absolute Gasteiger partial charge is 0.496 e. The summed E-state index contributed by atoms with van der Waals surface area (Å²) in [5.41, 5.74) is 2.56. The normalized spacial score (nSPS) is 15.8. The van der Waals surface area contributed by atoms with E-state index in [1.807, 2.05) is 0 Å². The smallest absolute Gasteiger partial charge is 0.259 e. The Balaban J connectivity index is 1.60. The van der Waals surface area contributed by atoms with Gasteiger partial charge in [0.15, 0.2) is 11.6 Å². The second kappa shape index (κ2) is 9.53. The predicted molar refractivity (Wildman–Crippen MR) is 138 cm³/mol. The van der Waals surface area contributed by atoms with Crippen LogP contribution in [0.2, 0.25) is 5.02 Å². The number of benzene rings is 2. The van der Waals surface area contributed by atoms with Crippen LogP contribution in [0.1, 0.15) is 12.0 Å². The molecule has 0 fully saturated rings. The number of anilines is 1. The van der Waals surface area contributed by atoms with E-state index in [9.17, 15) is 13.2 Å². The summed E-state index contributed by atoms with van der Waals surface area (Å²) in [5.74, 6) is -0.538. The molecular formula is C26H21ClFN3O5S. The SMILES string of the molecule is COc1cc(-c2cccc(Cl)c2)c(F)cc1C1=C2C(=O)CC(S(=O)(=O)Nc3ccon3)=CC2=CN(C)C1. The minimum absolute atomic E-state index is 0.00474. The monoisotopic (exact) mass is 541 g/mol. The standard InChI is InChI=1S/C26H21ClFN3O5S/c1-31-13-16-9-18(37(33,34)30-25-6-7-36-29-25)10-23(32)26(16)21(14-31)20-11-22(28)19(12-24(20)35-2)15-4-3-5-17(27)8-15/h3-9,11-13H,10,14H2,1-2H3,(H,29,30). The zero-order valence-electron chi connectivity index (χ0n) is 19.8. The number of carbonyl (C=O) groups is 1. The Kier molecular flexibility index (Phi) is 6.38. The number of sulfonamides is 1. The Labute approximate surface area is 217 Å². The lowest BCUT2D eigenvalue weighted by Gasteiger charge is -2.30. The molecule has 0 radical (unpaired) electrons. The lowest BCUT2D eigenvalue weighted by Crippen LogP contribution is -2.28. The van der Waals surface area contributed by atoms with Gasteiger partial charge in [-0.3, -0.25) is 9.52 Å². The molecule has 2 aromatic carbocycles. The number of carbonyl (C=O) groups excluding carboxylic acids is 1. The molecule has 1 N–H and O–H groups in total. The molecule has 190 valence electrons. The van der Waals surface area contributed by atoms with Crippen LogP contribution in [-0.4, -0.2) is 45.0 Å². The van der Waals surface area contributed by atoms with Gasteiger partial charge >= 0.3 is 0 Å². The number of ether oxygens (including phenoxy) is 1. The number of hydrogen-bond donors (Lipinski definition) is 1. The number of Topliss-reactive ketones (excluding diaryl/α,β-unsaturated/α-hetero) is 1. The van der Waals surface area contributed by atoms with E-state index in [0.717, 1.165) is 0 Å². The summed E-state index contributed by atoms with van der Waals surface area (Å²) in [6.07, 6.45) is 4.00. The Morgan fingerprint density at radius 2 is 2.00 bits per heavy atom. The second-order valence-corrected chi connectivity index (χ2v) is 10.8. The van der Waals surface area contributed by atoms with Gasteiger partial charge in [-0.1, -0.05) is 28.9 Å². The number of halogens is 2. The maximum absolute atomic E-state index is 15.4. The number of aromatic nitrogens is 1. The number of hydrogen-bond acceptors (Lipinski definition) is 7. The number of nitrogens with zero attached hydrogens (tertiary/aromatic N) is 2. The van der Waals surface area contributed by atoms with E-state index in [-0.39, 0.29) is 17.1 Å². The van der Waals surface area contributed by atoms with Crippen molar-refractivity contribution in [2.45, 2.75) is 6.42 Å².